The normalized spacial score (nSPS) is 11.1. The van der Waals surface area contributed by atoms with Gasteiger partial charge in [0.15, 0.2) is 0 Å². The minimum absolute atomic E-state index is 0.677. The molecule has 2 nitrogen and oxygen atoms in total. The lowest BCUT2D eigenvalue weighted by atomic mass is 10.1. The van der Waals surface area contributed by atoms with Crippen molar-refractivity contribution in [2.45, 2.75) is 6.92 Å². The second-order valence-electron chi connectivity index (χ2n) is 4.77. The van der Waals surface area contributed by atoms with Crippen LogP contribution in [0.4, 0.5) is 0 Å². The molecule has 0 bridgehead atoms. The number of aromatic nitrogens is 1. The van der Waals surface area contributed by atoms with Gasteiger partial charge in [0.1, 0.15) is 5.75 Å². The van der Waals surface area contributed by atoms with Crippen LogP contribution in [0.25, 0.3) is 23.1 Å². The summed E-state index contributed by atoms with van der Waals surface area (Å²) in [6.45, 7) is 2.66. The average molecular weight is 275 g/mol. The van der Waals surface area contributed by atoms with Crippen molar-refractivity contribution in [3.63, 3.8) is 0 Å². The molecule has 21 heavy (non-hydrogen) atoms. The zero-order chi connectivity index (χ0) is 14.5. The Morgan fingerprint density at radius 2 is 1.81 bits per heavy atom. The molecular formula is C19H17NO. The highest BCUT2D eigenvalue weighted by Gasteiger charge is 1.99. The van der Waals surface area contributed by atoms with E-state index in [4.69, 9.17) is 4.74 Å². The van der Waals surface area contributed by atoms with Crippen molar-refractivity contribution in [1.29, 1.82) is 0 Å². The lowest BCUT2D eigenvalue weighted by Crippen LogP contribution is -1.91. The maximum atomic E-state index is 5.51. The number of hydrogen-bond acceptors (Lipinski definition) is 2. The third-order valence-corrected chi connectivity index (χ3v) is 3.24. The lowest BCUT2D eigenvalue weighted by molar-refractivity contribution is 0.340. The predicted octanol–water partition coefficient (Wildman–Crippen LogP) is 4.80. The highest BCUT2D eigenvalue weighted by Crippen LogP contribution is 2.20. The molecule has 1 heterocycles. The molecule has 0 aliphatic carbocycles. The van der Waals surface area contributed by atoms with Crippen LogP contribution in [0, 0.1) is 0 Å². The molecule has 0 unspecified atom stereocenters. The van der Waals surface area contributed by atoms with Crippen LogP contribution in [0.2, 0.25) is 0 Å². The molecule has 0 saturated carbocycles. The Bertz CT molecular complexity index is 763. The van der Waals surface area contributed by atoms with Crippen LogP contribution in [0.1, 0.15) is 18.2 Å². The van der Waals surface area contributed by atoms with E-state index < -0.39 is 0 Å². The summed E-state index contributed by atoms with van der Waals surface area (Å²) in [5.74, 6) is 0.888. The lowest BCUT2D eigenvalue weighted by Gasteiger charge is -2.04. The molecule has 0 aliphatic rings. The summed E-state index contributed by atoms with van der Waals surface area (Å²) >= 11 is 0. The van der Waals surface area contributed by atoms with Gasteiger partial charge in [-0.1, -0.05) is 42.5 Å². The van der Waals surface area contributed by atoms with Crippen molar-refractivity contribution in [3.8, 4) is 5.75 Å². The van der Waals surface area contributed by atoms with E-state index in [9.17, 15) is 0 Å². The summed E-state index contributed by atoms with van der Waals surface area (Å²) in [5.41, 5.74) is 3.11. The van der Waals surface area contributed by atoms with Crippen LogP contribution >= 0.6 is 0 Å². The molecule has 0 atom stereocenters. The molecule has 0 fully saturated rings. The Morgan fingerprint density at radius 1 is 0.952 bits per heavy atom. The molecule has 0 aliphatic heterocycles. The van der Waals surface area contributed by atoms with Gasteiger partial charge in [-0.05, 0) is 42.8 Å². The van der Waals surface area contributed by atoms with Crippen LogP contribution < -0.4 is 4.74 Å². The number of benzene rings is 2. The number of hydrogen-bond donors (Lipinski definition) is 0. The summed E-state index contributed by atoms with van der Waals surface area (Å²) in [5, 5.41) is 1.10. The zero-order valence-electron chi connectivity index (χ0n) is 12.0. The molecule has 0 N–H and O–H groups in total. The Labute approximate surface area is 124 Å². The second kappa shape index (κ2) is 6.23. The Morgan fingerprint density at radius 3 is 2.62 bits per heavy atom. The minimum atomic E-state index is 0.677. The first kappa shape index (κ1) is 13.4. The SMILES string of the molecule is CCOc1ccc2nc(C=Cc3ccccc3)ccc2c1. The monoisotopic (exact) mass is 275 g/mol. The first-order valence-corrected chi connectivity index (χ1v) is 7.12. The van der Waals surface area contributed by atoms with Gasteiger partial charge in [0.2, 0.25) is 0 Å². The second-order valence-corrected chi connectivity index (χ2v) is 4.77. The summed E-state index contributed by atoms with van der Waals surface area (Å²) in [7, 11) is 0. The first-order chi connectivity index (χ1) is 10.3. The van der Waals surface area contributed by atoms with Crippen molar-refractivity contribution < 1.29 is 4.74 Å². The Kier molecular flexibility index (Phi) is 3.97. The van der Waals surface area contributed by atoms with Gasteiger partial charge in [0.05, 0.1) is 17.8 Å². The summed E-state index contributed by atoms with van der Waals surface area (Å²) in [4.78, 5) is 4.65. The van der Waals surface area contributed by atoms with E-state index in [1.807, 2.05) is 55.5 Å². The van der Waals surface area contributed by atoms with Crippen LogP contribution in [0.15, 0.2) is 60.7 Å². The van der Waals surface area contributed by atoms with Crippen molar-refractivity contribution in [2.75, 3.05) is 6.61 Å². The van der Waals surface area contributed by atoms with Gasteiger partial charge < -0.3 is 4.74 Å². The molecule has 0 spiro atoms. The van der Waals surface area contributed by atoms with E-state index >= 15 is 0 Å². The number of nitrogens with zero attached hydrogens (tertiary/aromatic N) is 1. The topological polar surface area (TPSA) is 22.1 Å². The van der Waals surface area contributed by atoms with Gasteiger partial charge in [0, 0.05) is 5.39 Å². The minimum Gasteiger partial charge on any atom is -0.494 e. The third-order valence-electron chi connectivity index (χ3n) is 3.24. The average Bonchev–Trinajstić information content (AvgIpc) is 2.54. The number of pyridine rings is 1. The molecular weight excluding hydrogens is 258 g/mol. The number of rotatable bonds is 4. The predicted molar refractivity (Wildman–Crippen MR) is 88.3 cm³/mol. The van der Waals surface area contributed by atoms with Gasteiger partial charge >= 0.3 is 0 Å². The largest absolute Gasteiger partial charge is 0.494 e. The highest BCUT2D eigenvalue weighted by atomic mass is 16.5. The van der Waals surface area contributed by atoms with Gasteiger partial charge in [-0.15, -0.1) is 0 Å². The fraction of sp³-hybridized carbons (Fsp3) is 0.105. The van der Waals surface area contributed by atoms with Gasteiger partial charge in [-0.3, -0.25) is 0 Å². The summed E-state index contributed by atoms with van der Waals surface area (Å²) < 4.78 is 5.51. The fourth-order valence-electron chi connectivity index (χ4n) is 2.21. The Hall–Kier alpha value is -2.61. The quantitative estimate of drug-likeness (QED) is 0.682. The molecule has 0 saturated heterocycles. The zero-order valence-corrected chi connectivity index (χ0v) is 12.0. The van der Waals surface area contributed by atoms with E-state index in [0.717, 1.165) is 22.3 Å². The van der Waals surface area contributed by atoms with E-state index in [1.165, 1.54) is 5.56 Å². The van der Waals surface area contributed by atoms with Crippen LogP contribution in [-0.4, -0.2) is 11.6 Å². The van der Waals surface area contributed by atoms with Crippen LogP contribution in [0.5, 0.6) is 5.75 Å². The standard InChI is InChI=1S/C19H17NO/c1-2-21-18-12-13-19-16(14-18)9-11-17(20-19)10-8-15-6-4-3-5-7-15/h3-14H,2H2,1H3. The highest BCUT2D eigenvalue weighted by molar-refractivity contribution is 5.82. The van der Waals surface area contributed by atoms with E-state index in [1.54, 1.807) is 0 Å². The maximum absolute atomic E-state index is 5.51. The maximum Gasteiger partial charge on any atom is 0.120 e. The molecule has 3 aromatic rings. The smallest absolute Gasteiger partial charge is 0.120 e. The number of ether oxygens (including phenoxy) is 1. The van der Waals surface area contributed by atoms with Crippen molar-refractivity contribution in [1.82, 2.24) is 4.98 Å². The van der Waals surface area contributed by atoms with Crippen LogP contribution in [-0.2, 0) is 0 Å². The molecule has 0 radical (unpaired) electrons. The van der Waals surface area contributed by atoms with Crippen molar-refractivity contribution >= 4 is 23.1 Å². The van der Waals surface area contributed by atoms with E-state index in [-0.39, 0.29) is 0 Å². The van der Waals surface area contributed by atoms with Gasteiger partial charge in [0.25, 0.3) is 0 Å². The molecule has 2 aromatic carbocycles. The van der Waals surface area contributed by atoms with Gasteiger partial charge in [-0.2, -0.15) is 0 Å². The summed E-state index contributed by atoms with van der Waals surface area (Å²) in [6, 6.07) is 20.3. The molecule has 104 valence electrons. The molecule has 0 amide bonds. The molecule has 1 aromatic heterocycles. The molecule has 2 heteroatoms. The Balaban J connectivity index is 1.87. The van der Waals surface area contributed by atoms with Crippen LogP contribution in [0.3, 0.4) is 0 Å². The summed E-state index contributed by atoms with van der Waals surface area (Å²) in [6.07, 6.45) is 4.11. The number of fused-ring (bicyclic) bond motifs is 1. The third kappa shape index (κ3) is 3.29. The van der Waals surface area contributed by atoms with Gasteiger partial charge in [-0.25, -0.2) is 4.98 Å². The first-order valence-electron chi connectivity index (χ1n) is 7.12. The molecule has 3 rings (SSSR count). The van der Waals surface area contributed by atoms with Crippen molar-refractivity contribution in [3.05, 3.63) is 71.9 Å². The fourth-order valence-corrected chi connectivity index (χ4v) is 2.21. The van der Waals surface area contributed by atoms with E-state index in [0.29, 0.717) is 6.61 Å². The van der Waals surface area contributed by atoms with Crippen molar-refractivity contribution in [2.24, 2.45) is 0 Å². The van der Waals surface area contributed by atoms with E-state index in [2.05, 4.69) is 29.3 Å².